The molecule has 0 radical (unpaired) electrons. The number of hydrazine groups is 1. The number of nitrogens with one attached hydrogen (secondary N) is 2. The first-order valence-corrected chi connectivity index (χ1v) is 7.87. The summed E-state index contributed by atoms with van der Waals surface area (Å²) in [6.07, 6.45) is 2.28. The SMILES string of the molecule is NNc1nccc(C(=O)NC2CCCS(=O)(=O)C2)c1F. The van der Waals surface area contributed by atoms with Crippen LogP contribution in [0.1, 0.15) is 23.2 Å². The molecule has 0 bridgehead atoms. The number of amides is 1. The van der Waals surface area contributed by atoms with Gasteiger partial charge in [-0.3, -0.25) is 4.79 Å². The number of anilines is 1. The van der Waals surface area contributed by atoms with Crippen molar-refractivity contribution in [2.24, 2.45) is 5.84 Å². The third kappa shape index (κ3) is 3.23. The molecule has 20 heavy (non-hydrogen) atoms. The first-order chi connectivity index (χ1) is 9.43. The summed E-state index contributed by atoms with van der Waals surface area (Å²) in [6.45, 7) is 0. The standard InChI is InChI=1S/C11H15FN4O3S/c12-9-8(3-4-14-10(9)16-13)11(17)15-7-2-1-5-20(18,19)6-7/h3-4,7H,1-2,5-6,13H2,(H,14,16)(H,15,17). The van der Waals surface area contributed by atoms with E-state index in [2.05, 4.69) is 10.3 Å². The number of carbonyl (C=O) groups excluding carboxylic acids is 1. The van der Waals surface area contributed by atoms with Crippen LogP contribution < -0.4 is 16.6 Å². The van der Waals surface area contributed by atoms with Crippen molar-refractivity contribution >= 4 is 21.6 Å². The second-order valence-electron chi connectivity index (χ2n) is 4.59. The van der Waals surface area contributed by atoms with Crippen molar-refractivity contribution in [3.05, 3.63) is 23.6 Å². The van der Waals surface area contributed by atoms with E-state index in [1.807, 2.05) is 5.43 Å². The van der Waals surface area contributed by atoms with Gasteiger partial charge in [-0.25, -0.2) is 23.6 Å². The monoisotopic (exact) mass is 302 g/mol. The zero-order valence-electron chi connectivity index (χ0n) is 10.6. The molecule has 1 aliphatic heterocycles. The molecule has 0 aromatic carbocycles. The average molecular weight is 302 g/mol. The van der Waals surface area contributed by atoms with E-state index >= 15 is 0 Å². The molecule has 1 amide bonds. The van der Waals surface area contributed by atoms with E-state index in [9.17, 15) is 17.6 Å². The van der Waals surface area contributed by atoms with Gasteiger partial charge in [-0.05, 0) is 18.9 Å². The highest BCUT2D eigenvalue weighted by Gasteiger charge is 2.27. The summed E-state index contributed by atoms with van der Waals surface area (Å²) in [5.74, 6) is 3.30. The van der Waals surface area contributed by atoms with Gasteiger partial charge >= 0.3 is 0 Å². The summed E-state index contributed by atoms with van der Waals surface area (Å²) in [5, 5.41) is 2.53. The molecule has 1 aromatic heterocycles. The van der Waals surface area contributed by atoms with Gasteiger partial charge in [0.1, 0.15) is 0 Å². The van der Waals surface area contributed by atoms with Crippen LogP contribution in [-0.2, 0) is 9.84 Å². The second-order valence-corrected chi connectivity index (χ2v) is 6.82. The second kappa shape index (κ2) is 5.71. The van der Waals surface area contributed by atoms with Crippen LogP contribution in [0.3, 0.4) is 0 Å². The van der Waals surface area contributed by atoms with Crippen LogP contribution in [0, 0.1) is 5.82 Å². The van der Waals surface area contributed by atoms with Crippen LogP contribution in [0.25, 0.3) is 0 Å². The largest absolute Gasteiger partial charge is 0.348 e. The Morgan fingerprint density at radius 3 is 2.90 bits per heavy atom. The zero-order valence-corrected chi connectivity index (χ0v) is 11.4. The summed E-state index contributed by atoms with van der Waals surface area (Å²) in [5.41, 5.74) is 1.82. The lowest BCUT2D eigenvalue weighted by Gasteiger charge is -2.23. The van der Waals surface area contributed by atoms with Crippen molar-refractivity contribution in [2.75, 3.05) is 16.9 Å². The maximum Gasteiger partial charge on any atom is 0.254 e. The Labute approximate surface area is 115 Å². The highest BCUT2D eigenvalue weighted by Crippen LogP contribution is 2.16. The maximum atomic E-state index is 13.8. The molecule has 1 aliphatic rings. The molecule has 2 rings (SSSR count). The van der Waals surface area contributed by atoms with Gasteiger partial charge in [0.15, 0.2) is 21.5 Å². The summed E-state index contributed by atoms with van der Waals surface area (Å²) in [7, 11) is -3.14. The van der Waals surface area contributed by atoms with Gasteiger partial charge in [-0.1, -0.05) is 0 Å². The van der Waals surface area contributed by atoms with Crippen LogP contribution in [-0.4, -0.2) is 36.9 Å². The third-order valence-electron chi connectivity index (χ3n) is 3.07. The fraction of sp³-hybridized carbons (Fsp3) is 0.455. The minimum atomic E-state index is -3.14. The van der Waals surface area contributed by atoms with Crippen LogP contribution in [0.5, 0.6) is 0 Å². The molecule has 2 heterocycles. The van der Waals surface area contributed by atoms with E-state index in [-0.39, 0.29) is 22.9 Å². The molecule has 9 heteroatoms. The molecular weight excluding hydrogens is 287 g/mol. The van der Waals surface area contributed by atoms with Crippen molar-refractivity contribution in [3.8, 4) is 0 Å². The molecule has 1 aromatic rings. The minimum absolute atomic E-state index is 0.118. The fourth-order valence-electron chi connectivity index (χ4n) is 2.12. The fourth-order valence-corrected chi connectivity index (χ4v) is 3.76. The first-order valence-electron chi connectivity index (χ1n) is 6.05. The number of sulfone groups is 1. The van der Waals surface area contributed by atoms with Crippen molar-refractivity contribution in [3.63, 3.8) is 0 Å². The highest BCUT2D eigenvalue weighted by atomic mass is 32.2. The molecule has 110 valence electrons. The van der Waals surface area contributed by atoms with Crippen LogP contribution in [0.4, 0.5) is 10.2 Å². The Bertz CT molecular complexity index is 620. The summed E-state index contributed by atoms with van der Waals surface area (Å²) < 4.78 is 36.8. The predicted molar refractivity (Wildman–Crippen MR) is 71.1 cm³/mol. The van der Waals surface area contributed by atoms with E-state index in [1.54, 1.807) is 0 Å². The molecule has 0 saturated carbocycles. The molecule has 1 atom stereocenters. The van der Waals surface area contributed by atoms with Crippen LogP contribution in [0.15, 0.2) is 12.3 Å². The smallest absolute Gasteiger partial charge is 0.254 e. The normalized spacial score (nSPS) is 21.2. The van der Waals surface area contributed by atoms with Gasteiger partial charge in [0.25, 0.3) is 5.91 Å². The number of rotatable bonds is 3. The van der Waals surface area contributed by atoms with E-state index in [0.29, 0.717) is 12.8 Å². The molecule has 1 fully saturated rings. The number of nitrogens with zero attached hydrogens (tertiary/aromatic N) is 1. The molecule has 1 unspecified atom stereocenters. The number of pyridine rings is 1. The summed E-state index contributed by atoms with van der Waals surface area (Å²) in [4.78, 5) is 15.6. The summed E-state index contributed by atoms with van der Waals surface area (Å²) in [6, 6.07) is 0.714. The van der Waals surface area contributed by atoms with Gasteiger partial charge in [-0.2, -0.15) is 0 Å². The van der Waals surface area contributed by atoms with Gasteiger partial charge in [0, 0.05) is 12.2 Å². The van der Waals surface area contributed by atoms with E-state index < -0.39 is 27.6 Å². The Balaban J connectivity index is 2.13. The number of nitrogens with two attached hydrogens (primary N) is 1. The Morgan fingerprint density at radius 2 is 2.25 bits per heavy atom. The van der Waals surface area contributed by atoms with Crippen molar-refractivity contribution in [1.82, 2.24) is 10.3 Å². The van der Waals surface area contributed by atoms with Crippen LogP contribution in [0.2, 0.25) is 0 Å². The Kier molecular flexibility index (Phi) is 4.19. The van der Waals surface area contributed by atoms with E-state index in [0.717, 1.165) is 0 Å². The number of hydrogen-bond acceptors (Lipinski definition) is 6. The Morgan fingerprint density at radius 1 is 1.50 bits per heavy atom. The lowest BCUT2D eigenvalue weighted by molar-refractivity contribution is 0.0934. The third-order valence-corrected chi connectivity index (χ3v) is 4.89. The van der Waals surface area contributed by atoms with Crippen molar-refractivity contribution in [1.29, 1.82) is 0 Å². The lowest BCUT2D eigenvalue weighted by Crippen LogP contribution is -2.43. The van der Waals surface area contributed by atoms with E-state index in [1.165, 1.54) is 12.3 Å². The van der Waals surface area contributed by atoms with E-state index in [4.69, 9.17) is 5.84 Å². The number of halogens is 1. The molecule has 0 spiro atoms. The highest BCUT2D eigenvalue weighted by molar-refractivity contribution is 7.91. The Hall–Kier alpha value is -1.74. The molecule has 0 aliphatic carbocycles. The number of aromatic nitrogens is 1. The predicted octanol–water partition coefficient (Wildman–Crippen LogP) is -0.187. The lowest BCUT2D eigenvalue weighted by atomic mass is 10.1. The van der Waals surface area contributed by atoms with Gasteiger partial charge < -0.3 is 10.7 Å². The molecule has 4 N–H and O–H groups in total. The van der Waals surface area contributed by atoms with Crippen molar-refractivity contribution in [2.45, 2.75) is 18.9 Å². The quantitative estimate of drug-likeness (QED) is 0.527. The number of hydrogen-bond donors (Lipinski definition) is 3. The number of nitrogen functional groups attached to an aromatic ring is 1. The summed E-state index contributed by atoms with van der Waals surface area (Å²) >= 11 is 0. The number of carbonyl (C=O) groups is 1. The molecule has 1 saturated heterocycles. The van der Waals surface area contributed by atoms with Gasteiger partial charge in [-0.15, -0.1) is 0 Å². The van der Waals surface area contributed by atoms with Crippen molar-refractivity contribution < 1.29 is 17.6 Å². The first kappa shape index (κ1) is 14.7. The van der Waals surface area contributed by atoms with Gasteiger partial charge in [0.2, 0.25) is 0 Å². The van der Waals surface area contributed by atoms with Gasteiger partial charge in [0.05, 0.1) is 17.1 Å². The molecular formula is C11H15FN4O3S. The average Bonchev–Trinajstić information content (AvgIpc) is 2.37. The topological polar surface area (TPSA) is 114 Å². The zero-order chi connectivity index (χ0) is 14.8. The minimum Gasteiger partial charge on any atom is -0.348 e. The molecule has 7 nitrogen and oxygen atoms in total. The van der Waals surface area contributed by atoms with Crippen LogP contribution >= 0.6 is 0 Å². The maximum absolute atomic E-state index is 13.8.